The molecule has 1 amide bonds. The van der Waals surface area contributed by atoms with Crippen LogP contribution in [0.15, 0.2) is 82.2 Å². The lowest BCUT2D eigenvalue weighted by molar-refractivity contribution is -0.116. The zero-order valence-electron chi connectivity index (χ0n) is 16.2. The summed E-state index contributed by atoms with van der Waals surface area (Å²) in [7, 11) is -3.92. The molecule has 0 spiro atoms. The number of benzene rings is 3. The lowest BCUT2D eigenvalue weighted by atomic mass is 10.1. The van der Waals surface area contributed by atoms with Crippen molar-refractivity contribution in [3.8, 4) is 0 Å². The number of aryl methyl sites for hydroxylation is 1. The van der Waals surface area contributed by atoms with Crippen molar-refractivity contribution in [1.29, 1.82) is 0 Å². The fourth-order valence-corrected chi connectivity index (χ4v) is 4.72. The van der Waals surface area contributed by atoms with Crippen molar-refractivity contribution in [3.63, 3.8) is 0 Å². The van der Waals surface area contributed by atoms with Gasteiger partial charge < -0.3 is 5.32 Å². The van der Waals surface area contributed by atoms with E-state index < -0.39 is 15.9 Å². The van der Waals surface area contributed by atoms with Gasteiger partial charge in [-0.25, -0.2) is 8.42 Å². The zero-order valence-corrected chi connectivity index (χ0v) is 19.3. The molecule has 0 saturated carbocycles. The second-order valence-corrected chi connectivity index (χ2v) is 10.1. The van der Waals surface area contributed by atoms with Gasteiger partial charge in [0.2, 0.25) is 15.9 Å². The van der Waals surface area contributed by atoms with Gasteiger partial charge in [0.15, 0.2) is 0 Å². The second kappa shape index (κ2) is 9.75. The smallest absolute Gasteiger partial charge is 0.243 e. The summed E-state index contributed by atoms with van der Waals surface area (Å²) in [6.45, 7) is 1.69. The first-order valence-electron chi connectivity index (χ1n) is 9.11. The third-order valence-corrected chi connectivity index (χ3v) is 6.91. The predicted molar refractivity (Wildman–Crippen MR) is 123 cm³/mol. The molecule has 8 heteroatoms. The molecule has 0 aliphatic carbocycles. The largest absolute Gasteiger partial charge is 0.325 e. The van der Waals surface area contributed by atoms with Crippen molar-refractivity contribution in [1.82, 2.24) is 4.31 Å². The van der Waals surface area contributed by atoms with Crippen LogP contribution in [-0.4, -0.2) is 25.2 Å². The van der Waals surface area contributed by atoms with E-state index in [2.05, 4.69) is 21.2 Å². The normalized spacial score (nSPS) is 11.5. The second-order valence-electron chi connectivity index (χ2n) is 6.77. The molecule has 1 N–H and O–H groups in total. The summed E-state index contributed by atoms with van der Waals surface area (Å²) in [4.78, 5) is 12.7. The van der Waals surface area contributed by atoms with Crippen LogP contribution in [0.3, 0.4) is 0 Å². The standard InChI is InChI=1S/C22H20BrClN2O3S/c1-16-5-7-17(8-6-16)14-26(30(28,29)21-11-9-19(24)10-12-21)15-22(27)25-20-4-2-3-18(23)13-20/h2-13H,14-15H2,1H3,(H,25,27). The van der Waals surface area contributed by atoms with E-state index in [-0.39, 0.29) is 18.0 Å². The molecular formula is C22H20BrClN2O3S. The molecule has 3 aromatic carbocycles. The van der Waals surface area contributed by atoms with Crippen molar-refractivity contribution >= 4 is 49.1 Å². The van der Waals surface area contributed by atoms with Gasteiger partial charge in [-0.2, -0.15) is 4.31 Å². The lowest BCUT2D eigenvalue weighted by Crippen LogP contribution is -2.37. The Morgan fingerprint density at radius 3 is 2.33 bits per heavy atom. The van der Waals surface area contributed by atoms with Gasteiger partial charge in [-0.3, -0.25) is 4.79 Å². The van der Waals surface area contributed by atoms with Crippen LogP contribution in [0.5, 0.6) is 0 Å². The molecule has 0 saturated heterocycles. The Hall–Kier alpha value is -2.19. The van der Waals surface area contributed by atoms with Gasteiger partial charge in [-0.1, -0.05) is 63.4 Å². The van der Waals surface area contributed by atoms with Gasteiger partial charge in [0, 0.05) is 21.7 Å². The minimum Gasteiger partial charge on any atom is -0.325 e. The summed E-state index contributed by atoms with van der Waals surface area (Å²) < 4.78 is 28.5. The molecule has 0 aliphatic rings. The monoisotopic (exact) mass is 506 g/mol. The molecule has 0 atom stereocenters. The van der Waals surface area contributed by atoms with Crippen molar-refractivity contribution in [2.24, 2.45) is 0 Å². The molecule has 156 valence electrons. The third kappa shape index (κ3) is 5.92. The maximum absolute atomic E-state index is 13.3. The number of nitrogens with zero attached hydrogens (tertiary/aromatic N) is 1. The number of amides is 1. The van der Waals surface area contributed by atoms with Crippen molar-refractivity contribution in [2.75, 3.05) is 11.9 Å². The predicted octanol–water partition coefficient (Wildman–Crippen LogP) is 5.24. The number of carbonyl (C=O) groups is 1. The summed E-state index contributed by atoms with van der Waals surface area (Å²) in [6.07, 6.45) is 0. The Kier molecular flexibility index (Phi) is 7.31. The van der Waals surface area contributed by atoms with Crippen molar-refractivity contribution in [3.05, 3.63) is 93.4 Å². The van der Waals surface area contributed by atoms with E-state index in [1.165, 1.54) is 24.3 Å². The van der Waals surface area contributed by atoms with Gasteiger partial charge in [-0.05, 0) is 55.0 Å². The molecule has 0 unspecified atom stereocenters. The van der Waals surface area contributed by atoms with E-state index in [0.717, 1.165) is 19.9 Å². The number of hydrogen-bond acceptors (Lipinski definition) is 3. The van der Waals surface area contributed by atoms with Gasteiger partial charge in [0.25, 0.3) is 0 Å². The Labute approximate surface area is 189 Å². The van der Waals surface area contributed by atoms with E-state index in [0.29, 0.717) is 10.7 Å². The quantitative estimate of drug-likeness (QED) is 0.475. The molecule has 0 aromatic heterocycles. The molecule has 30 heavy (non-hydrogen) atoms. The van der Waals surface area contributed by atoms with Crippen LogP contribution >= 0.6 is 27.5 Å². The Balaban J connectivity index is 1.87. The van der Waals surface area contributed by atoms with E-state index >= 15 is 0 Å². The summed E-state index contributed by atoms with van der Waals surface area (Å²) in [5, 5.41) is 3.18. The van der Waals surface area contributed by atoms with E-state index in [1.807, 2.05) is 37.3 Å². The molecule has 0 heterocycles. The lowest BCUT2D eigenvalue weighted by Gasteiger charge is -2.22. The number of halogens is 2. The van der Waals surface area contributed by atoms with Crippen LogP contribution in [0.4, 0.5) is 5.69 Å². The maximum atomic E-state index is 13.3. The van der Waals surface area contributed by atoms with Crippen molar-refractivity contribution < 1.29 is 13.2 Å². The summed E-state index contributed by atoms with van der Waals surface area (Å²) in [5.74, 6) is -0.433. The summed E-state index contributed by atoms with van der Waals surface area (Å²) >= 11 is 9.25. The van der Waals surface area contributed by atoms with Crippen LogP contribution < -0.4 is 5.32 Å². The minimum atomic E-state index is -3.92. The highest BCUT2D eigenvalue weighted by atomic mass is 79.9. The molecule has 0 fully saturated rings. The first-order valence-corrected chi connectivity index (χ1v) is 11.7. The minimum absolute atomic E-state index is 0.0666. The molecule has 3 rings (SSSR count). The number of sulfonamides is 1. The zero-order chi connectivity index (χ0) is 21.7. The van der Waals surface area contributed by atoms with Gasteiger partial charge >= 0.3 is 0 Å². The first-order chi connectivity index (χ1) is 14.2. The Morgan fingerprint density at radius 2 is 1.70 bits per heavy atom. The SMILES string of the molecule is Cc1ccc(CN(CC(=O)Nc2cccc(Br)c2)S(=O)(=O)c2ccc(Cl)cc2)cc1. The molecule has 0 bridgehead atoms. The highest BCUT2D eigenvalue weighted by Gasteiger charge is 2.27. The molecular weight excluding hydrogens is 488 g/mol. The van der Waals surface area contributed by atoms with Crippen LogP contribution in [0, 0.1) is 6.92 Å². The average Bonchev–Trinajstić information content (AvgIpc) is 2.69. The van der Waals surface area contributed by atoms with Crippen LogP contribution in [0.25, 0.3) is 0 Å². The van der Waals surface area contributed by atoms with Crippen LogP contribution in [0.2, 0.25) is 5.02 Å². The van der Waals surface area contributed by atoms with Gasteiger partial charge in [0.05, 0.1) is 11.4 Å². The van der Waals surface area contributed by atoms with Crippen LogP contribution in [0.1, 0.15) is 11.1 Å². The molecule has 0 aliphatic heterocycles. The first kappa shape index (κ1) is 22.5. The third-order valence-electron chi connectivity index (χ3n) is 4.36. The summed E-state index contributed by atoms with van der Waals surface area (Å²) in [6, 6.07) is 20.5. The fraction of sp³-hybridized carbons (Fsp3) is 0.136. The number of anilines is 1. The highest BCUT2D eigenvalue weighted by molar-refractivity contribution is 9.10. The van der Waals surface area contributed by atoms with Crippen LogP contribution in [-0.2, 0) is 21.4 Å². The maximum Gasteiger partial charge on any atom is 0.243 e. The Bertz CT molecular complexity index is 1130. The van der Waals surface area contributed by atoms with Gasteiger partial charge in [0.1, 0.15) is 0 Å². The fourth-order valence-electron chi connectivity index (χ4n) is 2.81. The number of rotatable bonds is 7. The van der Waals surface area contributed by atoms with E-state index in [9.17, 15) is 13.2 Å². The highest BCUT2D eigenvalue weighted by Crippen LogP contribution is 2.21. The van der Waals surface area contributed by atoms with E-state index in [4.69, 9.17) is 11.6 Å². The van der Waals surface area contributed by atoms with Gasteiger partial charge in [-0.15, -0.1) is 0 Å². The number of hydrogen-bond donors (Lipinski definition) is 1. The molecule has 5 nitrogen and oxygen atoms in total. The van der Waals surface area contributed by atoms with E-state index in [1.54, 1.807) is 18.2 Å². The molecule has 0 radical (unpaired) electrons. The summed E-state index contributed by atoms with van der Waals surface area (Å²) in [5.41, 5.74) is 2.43. The van der Waals surface area contributed by atoms with Crippen molar-refractivity contribution in [2.45, 2.75) is 18.4 Å². The topological polar surface area (TPSA) is 66.5 Å². The average molecular weight is 508 g/mol. The Morgan fingerprint density at radius 1 is 1.03 bits per heavy atom. The molecule has 3 aromatic rings. The number of nitrogens with one attached hydrogen (secondary N) is 1. The number of carbonyl (C=O) groups excluding carboxylic acids is 1.